The number of nitrogens with zero attached hydrogens (tertiary/aromatic N) is 3. The molecule has 7 heteroatoms. The maximum absolute atomic E-state index is 13.0. The number of carbonyl (C=O) groups is 2. The van der Waals surface area contributed by atoms with Crippen LogP contribution >= 0.6 is 15.9 Å². The van der Waals surface area contributed by atoms with Crippen molar-refractivity contribution in [3.8, 4) is 0 Å². The highest BCUT2D eigenvalue weighted by Crippen LogP contribution is 2.38. The number of likely N-dealkylation sites (tertiary alicyclic amines) is 1. The molecule has 1 saturated heterocycles. The lowest BCUT2D eigenvalue weighted by Gasteiger charge is -2.27. The van der Waals surface area contributed by atoms with E-state index in [1.807, 2.05) is 19.1 Å². The van der Waals surface area contributed by atoms with Gasteiger partial charge in [0.15, 0.2) is 0 Å². The van der Waals surface area contributed by atoms with Crippen LogP contribution in [0.5, 0.6) is 0 Å². The summed E-state index contributed by atoms with van der Waals surface area (Å²) in [6.07, 6.45) is 1.63. The number of halogens is 1. The van der Waals surface area contributed by atoms with E-state index >= 15 is 0 Å². The van der Waals surface area contributed by atoms with Crippen molar-refractivity contribution in [2.75, 3.05) is 26.2 Å². The fourth-order valence-electron chi connectivity index (χ4n) is 3.69. The number of aryl methyl sites for hydroxylation is 1. The Bertz CT molecular complexity index is 971. The lowest BCUT2D eigenvalue weighted by atomic mass is 9.97. The molecule has 158 valence electrons. The molecular weight excluding hydrogens is 446 g/mol. The maximum Gasteiger partial charge on any atom is 0.295 e. The van der Waals surface area contributed by atoms with E-state index in [1.165, 1.54) is 4.90 Å². The van der Waals surface area contributed by atoms with Crippen molar-refractivity contribution >= 4 is 33.4 Å². The van der Waals surface area contributed by atoms with E-state index in [4.69, 9.17) is 0 Å². The predicted molar refractivity (Wildman–Crippen MR) is 120 cm³/mol. The summed E-state index contributed by atoms with van der Waals surface area (Å²) in [6.45, 7) is 8.75. The molecular formula is C23H26BrN3O3. The molecule has 1 atom stereocenters. The Morgan fingerprint density at radius 3 is 2.53 bits per heavy atom. The van der Waals surface area contributed by atoms with Gasteiger partial charge in [-0.15, -0.1) is 0 Å². The van der Waals surface area contributed by atoms with Gasteiger partial charge in [-0.2, -0.15) is 0 Å². The average Bonchev–Trinajstić information content (AvgIpc) is 3.01. The zero-order valence-corrected chi connectivity index (χ0v) is 19.0. The quantitative estimate of drug-likeness (QED) is 0.376. The van der Waals surface area contributed by atoms with E-state index in [9.17, 15) is 14.7 Å². The van der Waals surface area contributed by atoms with Crippen LogP contribution in [0.25, 0.3) is 5.76 Å². The summed E-state index contributed by atoms with van der Waals surface area (Å²) in [5.74, 6) is -1.46. The second-order valence-electron chi connectivity index (χ2n) is 7.24. The number of aliphatic hydroxyl groups excluding tert-OH is 1. The molecule has 0 radical (unpaired) electrons. The van der Waals surface area contributed by atoms with E-state index in [1.54, 1.807) is 30.5 Å². The molecule has 0 spiro atoms. The molecule has 1 unspecified atom stereocenters. The van der Waals surface area contributed by atoms with Gasteiger partial charge in [0.25, 0.3) is 11.7 Å². The zero-order valence-electron chi connectivity index (χ0n) is 17.4. The summed E-state index contributed by atoms with van der Waals surface area (Å²) in [5.41, 5.74) is 2.06. The smallest absolute Gasteiger partial charge is 0.295 e. The first-order chi connectivity index (χ1) is 14.4. The van der Waals surface area contributed by atoms with Crippen molar-refractivity contribution in [1.82, 2.24) is 14.8 Å². The zero-order chi connectivity index (χ0) is 21.8. The number of Topliss-reactive ketones (excluding diaryl/α,β-unsaturated/α-hetero) is 1. The van der Waals surface area contributed by atoms with E-state index in [-0.39, 0.29) is 11.3 Å². The molecule has 0 bridgehead atoms. The van der Waals surface area contributed by atoms with Crippen molar-refractivity contribution in [2.45, 2.75) is 26.8 Å². The van der Waals surface area contributed by atoms with Crippen LogP contribution in [0.3, 0.4) is 0 Å². The summed E-state index contributed by atoms with van der Waals surface area (Å²) in [4.78, 5) is 34.0. The highest BCUT2D eigenvalue weighted by Gasteiger charge is 2.46. The molecule has 0 aliphatic carbocycles. The van der Waals surface area contributed by atoms with Gasteiger partial charge in [0.2, 0.25) is 0 Å². The number of aromatic nitrogens is 1. The number of hydrogen-bond acceptors (Lipinski definition) is 5. The lowest BCUT2D eigenvalue weighted by molar-refractivity contribution is -0.140. The van der Waals surface area contributed by atoms with Crippen LogP contribution in [0.4, 0.5) is 0 Å². The third kappa shape index (κ3) is 4.32. The standard InChI is InChI=1S/C23H26BrN3O3/c1-4-26(5-2)12-13-27-20(18-8-6-7-11-25-18)19(22(29)23(27)30)21(28)16-9-10-17(24)15(3)14-16/h6-11,14,20,28H,4-5,12-13H2,1-3H3/b21-19-. The van der Waals surface area contributed by atoms with Crippen LogP contribution in [0.2, 0.25) is 0 Å². The minimum atomic E-state index is -0.717. The molecule has 1 aromatic carbocycles. The molecule has 1 aromatic heterocycles. The summed E-state index contributed by atoms with van der Waals surface area (Å²) in [6, 6.07) is 9.99. The number of pyridine rings is 1. The van der Waals surface area contributed by atoms with Crippen LogP contribution in [-0.2, 0) is 9.59 Å². The number of aliphatic hydroxyl groups is 1. The lowest BCUT2D eigenvalue weighted by Crippen LogP contribution is -2.38. The third-order valence-electron chi connectivity index (χ3n) is 5.49. The molecule has 0 saturated carbocycles. The first kappa shape index (κ1) is 22.2. The Labute approximate surface area is 185 Å². The summed E-state index contributed by atoms with van der Waals surface area (Å²) in [7, 11) is 0. The van der Waals surface area contributed by atoms with Crippen molar-refractivity contribution in [1.29, 1.82) is 0 Å². The van der Waals surface area contributed by atoms with Crippen molar-refractivity contribution < 1.29 is 14.7 Å². The summed E-state index contributed by atoms with van der Waals surface area (Å²) < 4.78 is 0.903. The van der Waals surface area contributed by atoms with E-state index in [0.29, 0.717) is 24.3 Å². The molecule has 6 nitrogen and oxygen atoms in total. The topological polar surface area (TPSA) is 73.7 Å². The number of amides is 1. The van der Waals surface area contributed by atoms with Crippen LogP contribution in [0.1, 0.15) is 36.7 Å². The van der Waals surface area contributed by atoms with Crippen LogP contribution in [-0.4, -0.2) is 57.8 Å². The molecule has 1 aliphatic heterocycles. The predicted octanol–water partition coefficient (Wildman–Crippen LogP) is 3.92. The SMILES string of the molecule is CCN(CC)CCN1C(=O)C(=O)/C(=C(\O)c2ccc(Br)c(C)c2)C1c1ccccn1. The molecule has 1 fully saturated rings. The van der Waals surface area contributed by atoms with E-state index in [0.717, 1.165) is 23.1 Å². The third-order valence-corrected chi connectivity index (χ3v) is 6.38. The van der Waals surface area contributed by atoms with Gasteiger partial charge in [0.1, 0.15) is 11.8 Å². The highest BCUT2D eigenvalue weighted by molar-refractivity contribution is 9.10. The van der Waals surface area contributed by atoms with Crippen LogP contribution in [0.15, 0.2) is 52.6 Å². The van der Waals surface area contributed by atoms with Crippen molar-refractivity contribution in [2.24, 2.45) is 0 Å². The van der Waals surface area contributed by atoms with Crippen molar-refractivity contribution in [3.63, 3.8) is 0 Å². The molecule has 2 heterocycles. The Balaban J connectivity index is 2.09. The Morgan fingerprint density at radius 1 is 1.20 bits per heavy atom. The van der Waals surface area contributed by atoms with Gasteiger partial charge in [-0.05, 0) is 49.8 Å². The van der Waals surface area contributed by atoms with Crippen LogP contribution in [0, 0.1) is 6.92 Å². The molecule has 2 aromatic rings. The highest BCUT2D eigenvalue weighted by atomic mass is 79.9. The number of benzene rings is 1. The largest absolute Gasteiger partial charge is 0.507 e. The molecule has 3 rings (SSSR count). The minimum absolute atomic E-state index is 0.0833. The molecule has 1 N–H and O–H groups in total. The van der Waals surface area contributed by atoms with E-state index < -0.39 is 17.7 Å². The molecule has 1 amide bonds. The average molecular weight is 472 g/mol. The van der Waals surface area contributed by atoms with Gasteiger partial charge in [-0.1, -0.05) is 41.9 Å². The van der Waals surface area contributed by atoms with Crippen molar-refractivity contribution in [3.05, 3.63) is 69.5 Å². The number of carbonyl (C=O) groups excluding carboxylic acids is 2. The Hall–Kier alpha value is -2.51. The second-order valence-corrected chi connectivity index (χ2v) is 8.09. The minimum Gasteiger partial charge on any atom is -0.507 e. The Morgan fingerprint density at radius 2 is 1.93 bits per heavy atom. The number of likely N-dealkylation sites (N-methyl/N-ethyl adjacent to an activating group) is 1. The van der Waals surface area contributed by atoms with Gasteiger partial charge >= 0.3 is 0 Å². The van der Waals surface area contributed by atoms with Gasteiger partial charge in [-0.25, -0.2) is 0 Å². The molecule has 30 heavy (non-hydrogen) atoms. The van der Waals surface area contributed by atoms with Gasteiger partial charge < -0.3 is 14.9 Å². The Kier molecular flexibility index (Phi) is 7.05. The van der Waals surface area contributed by atoms with Gasteiger partial charge in [0, 0.05) is 29.3 Å². The maximum atomic E-state index is 13.0. The summed E-state index contributed by atoms with van der Waals surface area (Å²) >= 11 is 3.45. The van der Waals surface area contributed by atoms with E-state index in [2.05, 4.69) is 39.7 Å². The fourth-order valence-corrected chi connectivity index (χ4v) is 3.94. The summed E-state index contributed by atoms with van der Waals surface area (Å²) in [5, 5.41) is 11.1. The van der Waals surface area contributed by atoms with Gasteiger partial charge in [0.05, 0.1) is 11.3 Å². The number of rotatable bonds is 7. The number of hydrogen-bond donors (Lipinski definition) is 1. The molecule has 1 aliphatic rings. The normalized spacial score (nSPS) is 18.4. The monoisotopic (exact) mass is 471 g/mol. The first-order valence-corrected chi connectivity index (χ1v) is 10.9. The second kappa shape index (κ2) is 9.53. The fraction of sp³-hybridized carbons (Fsp3) is 0.348. The van der Waals surface area contributed by atoms with Crippen LogP contribution < -0.4 is 0 Å². The van der Waals surface area contributed by atoms with Gasteiger partial charge in [-0.3, -0.25) is 14.6 Å². The number of ketones is 1. The first-order valence-electron chi connectivity index (χ1n) is 10.1.